The van der Waals surface area contributed by atoms with Gasteiger partial charge in [0.05, 0.1) is 37.2 Å². The van der Waals surface area contributed by atoms with E-state index in [0.29, 0.717) is 36.6 Å². The first-order valence-electron chi connectivity index (χ1n) is 14.1. The van der Waals surface area contributed by atoms with Gasteiger partial charge in [-0.05, 0) is 81.0 Å². The summed E-state index contributed by atoms with van der Waals surface area (Å²) in [6.07, 6.45) is 0.581. The first-order chi connectivity index (χ1) is 19.1. The van der Waals surface area contributed by atoms with Crippen molar-refractivity contribution < 1.29 is 29.0 Å². The molecule has 2 bridgehead atoms. The highest BCUT2D eigenvalue weighted by atomic mass is 16.5. The van der Waals surface area contributed by atoms with Crippen LogP contribution in [0, 0.1) is 31.6 Å². The molecule has 5 rings (SSSR count). The van der Waals surface area contributed by atoms with Crippen molar-refractivity contribution in [3.63, 3.8) is 0 Å². The number of hydrogen-bond donors (Lipinski definition) is 3. The number of fused-ring (bicyclic) bond motifs is 1. The van der Waals surface area contributed by atoms with Gasteiger partial charge in [0.1, 0.15) is 17.4 Å². The molecule has 3 aliphatic rings. The Bertz CT molecular complexity index is 1290. The van der Waals surface area contributed by atoms with Crippen LogP contribution < -0.4 is 15.4 Å². The van der Waals surface area contributed by atoms with Crippen molar-refractivity contribution in [3.8, 4) is 5.75 Å². The van der Waals surface area contributed by atoms with Crippen molar-refractivity contribution in [3.05, 3.63) is 53.6 Å². The summed E-state index contributed by atoms with van der Waals surface area (Å²) in [7, 11) is 0. The monoisotopic (exact) mass is 549 g/mol. The molecule has 3 amide bonds. The summed E-state index contributed by atoms with van der Waals surface area (Å²) < 4.78 is 12.0. The number of hydrogen-bond acceptors (Lipinski definition) is 6. The maximum absolute atomic E-state index is 14.2. The van der Waals surface area contributed by atoms with E-state index < -0.39 is 35.6 Å². The fourth-order valence-electron chi connectivity index (χ4n) is 6.77. The molecule has 9 heteroatoms. The third kappa shape index (κ3) is 4.65. The second-order valence-electron chi connectivity index (χ2n) is 11.5. The van der Waals surface area contributed by atoms with E-state index in [-0.39, 0.29) is 30.2 Å². The fourth-order valence-corrected chi connectivity index (χ4v) is 6.77. The highest BCUT2D eigenvalue weighted by Crippen LogP contribution is 2.59. The lowest BCUT2D eigenvalue weighted by Gasteiger charge is -2.38. The summed E-state index contributed by atoms with van der Waals surface area (Å²) in [5.74, 6) is -1.98. The van der Waals surface area contributed by atoms with E-state index in [1.807, 2.05) is 52.8 Å². The van der Waals surface area contributed by atoms with Crippen molar-refractivity contribution in [1.29, 1.82) is 0 Å². The van der Waals surface area contributed by atoms with Crippen molar-refractivity contribution in [2.24, 2.45) is 17.8 Å². The van der Waals surface area contributed by atoms with Gasteiger partial charge in [0.15, 0.2) is 0 Å². The summed E-state index contributed by atoms with van der Waals surface area (Å²) in [6.45, 7) is 9.83. The molecule has 9 nitrogen and oxygen atoms in total. The molecule has 2 aromatic carbocycles. The Balaban J connectivity index is 1.48. The number of likely N-dealkylation sites (tertiary alicyclic amines) is 1. The average molecular weight is 550 g/mol. The van der Waals surface area contributed by atoms with Crippen LogP contribution in [0.1, 0.15) is 44.7 Å². The average Bonchev–Trinajstić information content (AvgIpc) is 3.55. The second kappa shape index (κ2) is 10.9. The Morgan fingerprint density at radius 1 is 1.12 bits per heavy atom. The number of benzene rings is 2. The molecule has 6 atom stereocenters. The number of carbonyl (C=O) groups is 3. The normalized spacial score (nSPS) is 27.6. The first-order valence-corrected chi connectivity index (χ1v) is 14.1. The van der Waals surface area contributed by atoms with Gasteiger partial charge < -0.3 is 30.1 Å². The van der Waals surface area contributed by atoms with E-state index in [0.717, 1.165) is 11.1 Å². The Morgan fingerprint density at radius 2 is 1.85 bits per heavy atom. The number of anilines is 2. The van der Waals surface area contributed by atoms with E-state index in [2.05, 4.69) is 10.6 Å². The van der Waals surface area contributed by atoms with Gasteiger partial charge in [0.2, 0.25) is 17.7 Å². The minimum Gasteiger partial charge on any atom is -0.494 e. The van der Waals surface area contributed by atoms with E-state index >= 15 is 0 Å². The zero-order chi connectivity index (χ0) is 28.8. The summed E-state index contributed by atoms with van der Waals surface area (Å²) in [5, 5.41) is 16.3. The lowest BCUT2D eigenvalue weighted by molar-refractivity contribution is -0.144. The van der Waals surface area contributed by atoms with Gasteiger partial charge >= 0.3 is 0 Å². The molecule has 3 fully saturated rings. The molecule has 3 saturated heterocycles. The predicted octanol–water partition coefficient (Wildman–Crippen LogP) is 3.67. The lowest BCUT2D eigenvalue weighted by Crippen LogP contribution is -2.57. The smallest absolute Gasteiger partial charge is 0.250 e. The fraction of sp³-hybridized carbons (Fsp3) is 0.516. The largest absolute Gasteiger partial charge is 0.494 e. The van der Waals surface area contributed by atoms with Crippen LogP contribution in [0.15, 0.2) is 42.5 Å². The Kier molecular flexibility index (Phi) is 7.63. The number of nitrogens with one attached hydrogen (secondary N) is 2. The molecule has 3 N–H and O–H groups in total. The van der Waals surface area contributed by atoms with Gasteiger partial charge in [0, 0.05) is 11.4 Å². The minimum atomic E-state index is -1.15. The van der Waals surface area contributed by atoms with Gasteiger partial charge in [0.25, 0.3) is 0 Å². The maximum atomic E-state index is 14.2. The van der Waals surface area contributed by atoms with E-state index in [4.69, 9.17) is 9.47 Å². The van der Waals surface area contributed by atoms with Crippen molar-refractivity contribution >= 4 is 29.1 Å². The summed E-state index contributed by atoms with van der Waals surface area (Å²) in [4.78, 5) is 43.5. The molecule has 2 aromatic rings. The third-order valence-corrected chi connectivity index (χ3v) is 8.69. The topological polar surface area (TPSA) is 117 Å². The van der Waals surface area contributed by atoms with Crippen LogP contribution in [0.5, 0.6) is 5.75 Å². The van der Waals surface area contributed by atoms with Gasteiger partial charge in [-0.15, -0.1) is 0 Å². The van der Waals surface area contributed by atoms with E-state index in [1.165, 1.54) is 4.90 Å². The summed E-state index contributed by atoms with van der Waals surface area (Å²) in [5.41, 5.74) is 2.01. The molecule has 3 aliphatic heterocycles. The number of nitrogens with zero attached hydrogens (tertiary/aromatic N) is 1. The molecule has 0 radical (unpaired) electrons. The molecule has 214 valence electrons. The van der Waals surface area contributed by atoms with Crippen LogP contribution in [-0.2, 0) is 19.1 Å². The Labute approximate surface area is 235 Å². The van der Waals surface area contributed by atoms with Crippen LogP contribution in [0.2, 0.25) is 0 Å². The zero-order valence-corrected chi connectivity index (χ0v) is 23.8. The molecular weight excluding hydrogens is 510 g/mol. The number of aliphatic hydroxyl groups is 1. The molecule has 0 aliphatic carbocycles. The van der Waals surface area contributed by atoms with Crippen molar-refractivity contribution in [2.45, 2.75) is 71.2 Å². The lowest BCUT2D eigenvalue weighted by atomic mass is 9.70. The van der Waals surface area contributed by atoms with Gasteiger partial charge in [-0.1, -0.05) is 26.0 Å². The zero-order valence-electron chi connectivity index (χ0n) is 23.8. The van der Waals surface area contributed by atoms with E-state index in [1.54, 1.807) is 24.3 Å². The molecular formula is C31H39N3O6. The van der Waals surface area contributed by atoms with Crippen molar-refractivity contribution in [1.82, 2.24) is 4.90 Å². The van der Waals surface area contributed by atoms with E-state index in [9.17, 15) is 19.5 Å². The minimum absolute atomic E-state index is 0.117. The number of aryl methyl sites for hydroxylation is 2. The summed E-state index contributed by atoms with van der Waals surface area (Å²) in [6, 6.07) is 11.3. The molecule has 1 spiro atoms. The molecule has 0 aromatic heterocycles. The quantitative estimate of drug-likeness (QED) is 0.440. The molecule has 0 saturated carbocycles. The van der Waals surface area contributed by atoms with Crippen molar-refractivity contribution in [2.75, 3.05) is 23.8 Å². The van der Waals surface area contributed by atoms with Gasteiger partial charge in [-0.2, -0.15) is 0 Å². The highest BCUT2D eigenvalue weighted by Gasteiger charge is 2.75. The number of carbonyl (C=O) groups excluding carboxylic acids is 3. The standard InChI is InChI=1S/C31H39N3O6/c1-6-39-21-11-9-20(10-12-21)32-28(36)25-24-13-14-31(40-24)26(25)30(38)34(23(16-35)17(2)3)27(31)29(37)33-22-15-18(4)7-8-19(22)5/h7-12,15,17,23-27,35H,6,13-14,16H2,1-5H3,(H,32,36)(H,33,37)/t23-,24-,25+,26-,27?,31?/m0/s1. The predicted molar refractivity (Wildman–Crippen MR) is 151 cm³/mol. The molecule has 2 unspecified atom stereocenters. The Hall–Kier alpha value is -3.43. The van der Waals surface area contributed by atoms with Crippen LogP contribution in [0.3, 0.4) is 0 Å². The Morgan fingerprint density at radius 3 is 2.50 bits per heavy atom. The van der Waals surface area contributed by atoms with Gasteiger partial charge in [-0.3, -0.25) is 14.4 Å². The highest BCUT2D eigenvalue weighted by molar-refractivity contribution is 6.05. The molecule has 40 heavy (non-hydrogen) atoms. The number of aliphatic hydroxyl groups excluding tert-OH is 1. The second-order valence-corrected chi connectivity index (χ2v) is 11.5. The SMILES string of the molecule is CCOc1ccc(NC(=O)[C@@H]2[C@@H]3CCC4(O3)C(C(=O)Nc3cc(C)ccc3C)N([C@@H](CO)C(C)C)C(=O)[C@H]24)cc1. The van der Waals surface area contributed by atoms with Crippen LogP contribution in [-0.4, -0.2) is 64.7 Å². The third-order valence-electron chi connectivity index (χ3n) is 8.69. The number of ether oxygens (including phenoxy) is 2. The number of amides is 3. The van der Waals surface area contributed by atoms with Gasteiger partial charge in [-0.25, -0.2) is 0 Å². The van der Waals surface area contributed by atoms with Crippen LogP contribution in [0.25, 0.3) is 0 Å². The van der Waals surface area contributed by atoms with Crippen LogP contribution in [0.4, 0.5) is 11.4 Å². The van der Waals surface area contributed by atoms with Crippen LogP contribution >= 0.6 is 0 Å². The molecule has 3 heterocycles. The first kappa shape index (κ1) is 28.1. The summed E-state index contributed by atoms with van der Waals surface area (Å²) >= 11 is 0. The number of rotatable bonds is 9. The maximum Gasteiger partial charge on any atom is 0.250 e.